The van der Waals surface area contributed by atoms with Gasteiger partial charge >= 0.3 is 18.4 Å². The molecule has 0 radical (unpaired) electrons. The van der Waals surface area contributed by atoms with E-state index in [-0.39, 0.29) is 50.5 Å². The minimum Gasteiger partial charge on any atom is -0.445 e. The molecule has 2 fully saturated rings. The van der Waals surface area contributed by atoms with Gasteiger partial charge in [0.2, 0.25) is 5.91 Å². The molecule has 42 heavy (non-hydrogen) atoms. The highest BCUT2D eigenvalue weighted by molar-refractivity contribution is 5.86. The van der Waals surface area contributed by atoms with Gasteiger partial charge in [0.1, 0.15) is 12.2 Å². The maximum absolute atomic E-state index is 14.3. The number of alkyl carbamates (subject to hydrolysis) is 1. The van der Waals surface area contributed by atoms with Gasteiger partial charge in [0, 0.05) is 50.5 Å². The van der Waals surface area contributed by atoms with E-state index < -0.39 is 34.9 Å². The molecule has 1 saturated carbocycles. The predicted octanol–water partition coefficient (Wildman–Crippen LogP) is 4.93. The summed E-state index contributed by atoms with van der Waals surface area (Å²) in [5.41, 5.74) is -0.863. The van der Waals surface area contributed by atoms with Gasteiger partial charge in [0.25, 0.3) is 0 Å². The Bertz CT molecular complexity index is 1350. The van der Waals surface area contributed by atoms with Gasteiger partial charge in [-0.2, -0.15) is 13.2 Å². The van der Waals surface area contributed by atoms with Crippen LogP contribution >= 0.6 is 0 Å². The Labute approximate surface area is 242 Å². The van der Waals surface area contributed by atoms with Crippen LogP contribution in [-0.4, -0.2) is 64.2 Å². The Balaban J connectivity index is 1.35. The lowest BCUT2D eigenvalue weighted by atomic mass is 9.78. The molecular formula is C30H35F3N4O5. The van der Waals surface area contributed by atoms with Crippen molar-refractivity contribution in [2.75, 3.05) is 19.6 Å². The number of nitrogens with zero attached hydrogens (tertiary/aromatic N) is 3. The number of alkyl halides is 3. The quantitative estimate of drug-likeness (QED) is 0.544. The molecule has 226 valence electrons. The third-order valence-electron chi connectivity index (χ3n) is 8.14. The van der Waals surface area contributed by atoms with E-state index in [1.807, 2.05) is 30.3 Å². The number of benzene rings is 1. The molecule has 3 heterocycles. The van der Waals surface area contributed by atoms with Crippen LogP contribution in [0.2, 0.25) is 0 Å². The molecule has 0 bridgehead atoms. The highest BCUT2D eigenvalue weighted by Gasteiger charge is 2.60. The minimum absolute atomic E-state index is 0.0117. The van der Waals surface area contributed by atoms with Crippen LogP contribution in [0.5, 0.6) is 0 Å². The standard InChI is InChI=1S/C30H35F3N4O5/c1-28(2,3)42-26(39)35-23-12-22-16-37(27(40)41-17-19-7-5-4-6-8-19)18-29(22,13-23)25(38)36-10-9-24-20(15-36)11-21(14-34-24)30(31,32)33/h4-8,11,14,22-23H,9-10,12-13,15-18H2,1-3H3,(H,35,39)/t22-,23+,29-/m0/s1. The number of pyridine rings is 1. The summed E-state index contributed by atoms with van der Waals surface area (Å²) in [6.45, 7) is 5.98. The molecule has 3 aliphatic rings. The van der Waals surface area contributed by atoms with Gasteiger partial charge in [-0.3, -0.25) is 9.78 Å². The lowest BCUT2D eigenvalue weighted by Gasteiger charge is -2.37. The lowest BCUT2D eigenvalue weighted by molar-refractivity contribution is -0.143. The molecule has 3 amide bonds. The number of halogens is 3. The lowest BCUT2D eigenvalue weighted by Crippen LogP contribution is -2.49. The molecule has 2 aliphatic heterocycles. The SMILES string of the molecule is CC(C)(C)OC(=O)N[C@@H]1C[C@H]2CN(C(=O)OCc3ccccc3)C[C@@]2(C(=O)N2CCc3ncc(C(F)(F)F)cc3C2)C1. The third kappa shape index (κ3) is 6.32. The van der Waals surface area contributed by atoms with E-state index in [4.69, 9.17) is 9.47 Å². The fourth-order valence-corrected chi connectivity index (χ4v) is 6.31. The van der Waals surface area contributed by atoms with E-state index in [1.54, 1.807) is 25.7 Å². The molecule has 1 aromatic heterocycles. The highest BCUT2D eigenvalue weighted by Crippen LogP contribution is 2.50. The number of rotatable bonds is 4. The first-order chi connectivity index (χ1) is 19.7. The summed E-state index contributed by atoms with van der Waals surface area (Å²) in [6.07, 6.45) is -3.82. The zero-order valence-corrected chi connectivity index (χ0v) is 23.9. The number of likely N-dealkylation sites (tertiary alicyclic amines) is 1. The van der Waals surface area contributed by atoms with Gasteiger partial charge in [-0.25, -0.2) is 9.59 Å². The molecular weight excluding hydrogens is 553 g/mol. The Hall–Kier alpha value is -3.83. The first-order valence-corrected chi connectivity index (χ1v) is 14.0. The molecule has 9 nitrogen and oxygen atoms in total. The number of aromatic nitrogens is 1. The second kappa shape index (κ2) is 11.1. The predicted molar refractivity (Wildman–Crippen MR) is 145 cm³/mol. The van der Waals surface area contributed by atoms with Crippen LogP contribution in [0.3, 0.4) is 0 Å². The van der Waals surface area contributed by atoms with Gasteiger partial charge in [-0.05, 0) is 56.7 Å². The maximum Gasteiger partial charge on any atom is 0.417 e. The van der Waals surface area contributed by atoms with Crippen LogP contribution in [0.25, 0.3) is 0 Å². The first-order valence-electron chi connectivity index (χ1n) is 14.0. The van der Waals surface area contributed by atoms with Crippen molar-refractivity contribution < 1.29 is 37.0 Å². The van der Waals surface area contributed by atoms with Crippen molar-refractivity contribution in [1.29, 1.82) is 0 Å². The summed E-state index contributed by atoms with van der Waals surface area (Å²) >= 11 is 0. The Morgan fingerprint density at radius 3 is 2.55 bits per heavy atom. The largest absolute Gasteiger partial charge is 0.445 e. The van der Waals surface area contributed by atoms with E-state index in [2.05, 4.69) is 10.3 Å². The molecule has 5 rings (SSSR count). The van der Waals surface area contributed by atoms with Crippen molar-refractivity contribution in [3.63, 3.8) is 0 Å². The third-order valence-corrected chi connectivity index (χ3v) is 8.14. The molecule has 1 aliphatic carbocycles. The number of ether oxygens (including phenoxy) is 2. The first kappa shape index (κ1) is 29.7. The zero-order valence-electron chi connectivity index (χ0n) is 23.9. The number of fused-ring (bicyclic) bond motifs is 2. The molecule has 0 unspecified atom stereocenters. The number of amides is 3. The average molecular weight is 589 g/mol. The molecule has 1 aromatic carbocycles. The number of carbonyl (C=O) groups excluding carboxylic acids is 3. The highest BCUT2D eigenvalue weighted by atomic mass is 19.4. The number of nitrogens with one attached hydrogen (secondary N) is 1. The van der Waals surface area contributed by atoms with Crippen molar-refractivity contribution in [2.45, 2.75) is 71.0 Å². The van der Waals surface area contributed by atoms with Crippen molar-refractivity contribution in [3.05, 3.63) is 65.0 Å². The topological polar surface area (TPSA) is 101 Å². The molecule has 1 N–H and O–H groups in total. The fourth-order valence-electron chi connectivity index (χ4n) is 6.31. The van der Waals surface area contributed by atoms with Crippen molar-refractivity contribution >= 4 is 18.1 Å². The van der Waals surface area contributed by atoms with E-state index in [0.29, 0.717) is 30.6 Å². The Kier molecular flexibility index (Phi) is 7.84. The normalized spacial score (nSPS) is 23.7. The smallest absolute Gasteiger partial charge is 0.417 e. The molecule has 3 atom stereocenters. The summed E-state index contributed by atoms with van der Waals surface area (Å²) in [4.78, 5) is 47.0. The van der Waals surface area contributed by atoms with Crippen LogP contribution in [0.4, 0.5) is 22.8 Å². The van der Waals surface area contributed by atoms with Crippen LogP contribution in [-0.2, 0) is 40.0 Å². The molecule has 2 aromatic rings. The number of hydrogen-bond acceptors (Lipinski definition) is 6. The Morgan fingerprint density at radius 2 is 1.86 bits per heavy atom. The number of hydrogen-bond donors (Lipinski definition) is 1. The van der Waals surface area contributed by atoms with E-state index in [0.717, 1.165) is 17.8 Å². The monoisotopic (exact) mass is 588 g/mol. The molecule has 0 spiro atoms. The maximum atomic E-state index is 14.3. The zero-order chi connectivity index (χ0) is 30.3. The number of carbonyl (C=O) groups is 3. The van der Waals surface area contributed by atoms with Crippen molar-refractivity contribution in [2.24, 2.45) is 11.3 Å². The van der Waals surface area contributed by atoms with Gasteiger partial charge in [-0.15, -0.1) is 0 Å². The van der Waals surface area contributed by atoms with Gasteiger partial charge < -0.3 is 24.6 Å². The van der Waals surface area contributed by atoms with E-state index in [9.17, 15) is 27.6 Å². The van der Waals surface area contributed by atoms with Crippen LogP contribution in [0, 0.1) is 11.3 Å². The van der Waals surface area contributed by atoms with Gasteiger partial charge in [0.15, 0.2) is 0 Å². The average Bonchev–Trinajstić information content (AvgIpc) is 3.44. The summed E-state index contributed by atoms with van der Waals surface area (Å²) in [5.74, 6) is -0.530. The summed E-state index contributed by atoms with van der Waals surface area (Å²) in [5, 5.41) is 2.88. The van der Waals surface area contributed by atoms with Crippen LogP contribution in [0.1, 0.15) is 56.0 Å². The minimum atomic E-state index is -4.55. The van der Waals surface area contributed by atoms with E-state index in [1.165, 1.54) is 4.90 Å². The Morgan fingerprint density at radius 1 is 1.12 bits per heavy atom. The second-order valence-corrected chi connectivity index (χ2v) is 12.4. The van der Waals surface area contributed by atoms with Crippen LogP contribution < -0.4 is 5.32 Å². The summed E-state index contributed by atoms with van der Waals surface area (Å²) < 4.78 is 51.0. The van der Waals surface area contributed by atoms with E-state index >= 15 is 0 Å². The second-order valence-electron chi connectivity index (χ2n) is 12.4. The van der Waals surface area contributed by atoms with Gasteiger partial charge in [0.05, 0.1) is 11.0 Å². The van der Waals surface area contributed by atoms with Gasteiger partial charge in [-0.1, -0.05) is 30.3 Å². The van der Waals surface area contributed by atoms with Crippen molar-refractivity contribution in [1.82, 2.24) is 20.1 Å². The van der Waals surface area contributed by atoms with Crippen LogP contribution in [0.15, 0.2) is 42.6 Å². The molecule has 12 heteroatoms. The van der Waals surface area contributed by atoms with Crippen molar-refractivity contribution in [3.8, 4) is 0 Å². The molecule has 1 saturated heterocycles. The summed E-state index contributed by atoms with van der Waals surface area (Å²) in [6, 6.07) is 9.93. The fraction of sp³-hybridized carbons (Fsp3) is 0.533. The summed E-state index contributed by atoms with van der Waals surface area (Å²) in [7, 11) is 0.